The number of Topliss-reactive ketones (excluding diaryl/α,β-unsaturated/α-hetero) is 1. The van der Waals surface area contributed by atoms with E-state index in [2.05, 4.69) is 17.9 Å². The second kappa shape index (κ2) is 4.83. The molecule has 0 heterocycles. The molecule has 0 aliphatic heterocycles. The summed E-state index contributed by atoms with van der Waals surface area (Å²) in [5, 5.41) is 3.00. The third-order valence-electron chi connectivity index (χ3n) is 1.44. The predicted octanol–water partition coefficient (Wildman–Crippen LogP) is 1.60. The summed E-state index contributed by atoms with van der Waals surface area (Å²) >= 11 is 3.87. The monoisotopic (exact) mass is 181 g/mol. The van der Waals surface area contributed by atoms with Crippen molar-refractivity contribution in [3.63, 3.8) is 0 Å². The summed E-state index contributed by atoms with van der Waals surface area (Å²) in [5.41, 5.74) is 0.965. The van der Waals surface area contributed by atoms with Crippen LogP contribution in [0.1, 0.15) is 0 Å². The van der Waals surface area contributed by atoms with Gasteiger partial charge in [0.1, 0.15) is 0 Å². The largest absolute Gasteiger partial charge is 0.378 e. The number of nitrogens with one attached hydrogen (secondary N) is 1. The van der Waals surface area contributed by atoms with E-state index in [0.29, 0.717) is 12.3 Å². The van der Waals surface area contributed by atoms with Crippen LogP contribution >= 0.6 is 12.6 Å². The molecule has 0 amide bonds. The average Bonchev–Trinajstić information content (AvgIpc) is 2.16. The molecule has 0 aromatic heterocycles. The lowest BCUT2D eigenvalue weighted by atomic mass is 10.3. The number of para-hydroxylation sites is 1. The standard InChI is InChI=1S/C9H11NOS/c11-9(7-12)6-10-8-4-2-1-3-5-8/h1-5,10,12H,6-7H2. The first-order chi connectivity index (χ1) is 5.83. The highest BCUT2D eigenvalue weighted by molar-refractivity contribution is 7.81. The van der Waals surface area contributed by atoms with Crippen molar-refractivity contribution in [1.82, 2.24) is 0 Å². The van der Waals surface area contributed by atoms with Crippen LogP contribution in [-0.2, 0) is 4.79 Å². The van der Waals surface area contributed by atoms with Crippen molar-refractivity contribution in [2.75, 3.05) is 17.6 Å². The number of rotatable bonds is 4. The summed E-state index contributed by atoms with van der Waals surface area (Å²) in [4.78, 5) is 10.8. The number of thiol groups is 1. The summed E-state index contributed by atoms with van der Waals surface area (Å²) < 4.78 is 0. The molecular weight excluding hydrogens is 170 g/mol. The van der Waals surface area contributed by atoms with Crippen LogP contribution in [0.3, 0.4) is 0 Å². The Hall–Kier alpha value is -0.960. The van der Waals surface area contributed by atoms with Gasteiger partial charge in [-0.1, -0.05) is 18.2 Å². The van der Waals surface area contributed by atoms with Gasteiger partial charge < -0.3 is 5.32 Å². The molecule has 3 heteroatoms. The molecule has 0 atom stereocenters. The van der Waals surface area contributed by atoms with Crippen molar-refractivity contribution in [3.05, 3.63) is 30.3 Å². The molecule has 1 aromatic carbocycles. The summed E-state index contributed by atoms with van der Waals surface area (Å²) in [6, 6.07) is 9.63. The number of benzene rings is 1. The molecule has 64 valence electrons. The maximum atomic E-state index is 10.8. The van der Waals surface area contributed by atoms with E-state index in [1.807, 2.05) is 30.3 Å². The van der Waals surface area contributed by atoms with Gasteiger partial charge in [-0.3, -0.25) is 4.79 Å². The molecule has 1 aromatic rings. The Bertz CT molecular complexity index is 248. The minimum Gasteiger partial charge on any atom is -0.378 e. The van der Waals surface area contributed by atoms with E-state index in [1.165, 1.54) is 0 Å². The molecule has 0 aliphatic rings. The fraction of sp³-hybridized carbons (Fsp3) is 0.222. The third kappa shape index (κ3) is 2.96. The van der Waals surface area contributed by atoms with E-state index in [4.69, 9.17) is 0 Å². The van der Waals surface area contributed by atoms with Gasteiger partial charge in [-0.05, 0) is 12.1 Å². The highest BCUT2D eigenvalue weighted by Gasteiger charge is 1.96. The van der Waals surface area contributed by atoms with Gasteiger partial charge >= 0.3 is 0 Å². The van der Waals surface area contributed by atoms with E-state index in [0.717, 1.165) is 5.69 Å². The zero-order valence-electron chi connectivity index (χ0n) is 6.66. The minimum absolute atomic E-state index is 0.0992. The Kier molecular flexibility index (Phi) is 3.67. The Morgan fingerprint density at radius 1 is 1.33 bits per heavy atom. The lowest BCUT2D eigenvalue weighted by Gasteiger charge is -2.02. The molecule has 0 spiro atoms. The van der Waals surface area contributed by atoms with E-state index < -0.39 is 0 Å². The fourth-order valence-electron chi connectivity index (χ4n) is 0.813. The molecule has 1 N–H and O–H groups in total. The number of carbonyl (C=O) groups is 1. The van der Waals surface area contributed by atoms with Gasteiger partial charge in [0.15, 0.2) is 5.78 Å². The SMILES string of the molecule is O=C(CS)CNc1ccccc1. The third-order valence-corrected chi connectivity index (χ3v) is 1.79. The zero-order chi connectivity index (χ0) is 8.81. The molecule has 1 rings (SSSR count). The molecule has 2 nitrogen and oxygen atoms in total. The van der Waals surface area contributed by atoms with Crippen molar-refractivity contribution in [2.24, 2.45) is 0 Å². The van der Waals surface area contributed by atoms with Crippen LogP contribution in [0.2, 0.25) is 0 Å². The fourth-order valence-corrected chi connectivity index (χ4v) is 0.924. The Labute approximate surface area is 77.4 Å². The lowest BCUT2D eigenvalue weighted by molar-refractivity contribution is -0.115. The molecule has 0 aliphatic carbocycles. The van der Waals surface area contributed by atoms with Crippen LogP contribution < -0.4 is 5.32 Å². The van der Waals surface area contributed by atoms with Crippen molar-refractivity contribution in [3.8, 4) is 0 Å². The summed E-state index contributed by atoms with van der Waals surface area (Å²) in [6.45, 7) is 0.355. The first-order valence-electron chi connectivity index (χ1n) is 3.74. The van der Waals surface area contributed by atoms with Crippen LogP contribution in [0.15, 0.2) is 30.3 Å². The normalized spacial score (nSPS) is 9.42. The van der Waals surface area contributed by atoms with Gasteiger partial charge in [0, 0.05) is 5.69 Å². The van der Waals surface area contributed by atoms with Crippen molar-refractivity contribution in [2.45, 2.75) is 0 Å². The molecule has 0 fully saturated rings. The van der Waals surface area contributed by atoms with Crippen LogP contribution in [-0.4, -0.2) is 18.1 Å². The maximum absolute atomic E-state index is 10.8. The zero-order valence-corrected chi connectivity index (χ0v) is 7.55. The molecule has 0 saturated carbocycles. The first kappa shape index (κ1) is 9.13. The number of ketones is 1. The topological polar surface area (TPSA) is 29.1 Å². The van der Waals surface area contributed by atoms with E-state index >= 15 is 0 Å². The molecular formula is C9H11NOS. The second-order valence-electron chi connectivity index (χ2n) is 2.42. The Balaban J connectivity index is 2.38. The second-order valence-corrected chi connectivity index (χ2v) is 2.73. The first-order valence-corrected chi connectivity index (χ1v) is 4.37. The van der Waals surface area contributed by atoms with Crippen LogP contribution in [0.25, 0.3) is 0 Å². The van der Waals surface area contributed by atoms with Crippen LogP contribution in [0.5, 0.6) is 0 Å². The van der Waals surface area contributed by atoms with E-state index in [9.17, 15) is 4.79 Å². The summed E-state index contributed by atoms with van der Waals surface area (Å²) in [5.74, 6) is 0.391. The van der Waals surface area contributed by atoms with Gasteiger partial charge in [0.05, 0.1) is 12.3 Å². The number of carbonyl (C=O) groups excluding carboxylic acids is 1. The number of anilines is 1. The van der Waals surface area contributed by atoms with Crippen LogP contribution in [0.4, 0.5) is 5.69 Å². The van der Waals surface area contributed by atoms with Gasteiger partial charge in [0.2, 0.25) is 0 Å². The molecule has 12 heavy (non-hydrogen) atoms. The maximum Gasteiger partial charge on any atom is 0.161 e. The highest BCUT2D eigenvalue weighted by Crippen LogP contribution is 2.03. The van der Waals surface area contributed by atoms with E-state index in [-0.39, 0.29) is 5.78 Å². The van der Waals surface area contributed by atoms with Crippen molar-refractivity contribution < 1.29 is 4.79 Å². The Morgan fingerprint density at radius 2 is 2.00 bits per heavy atom. The van der Waals surface area contributed by atoms with Gasteiger partial charge in [-0.25, -0.2) is 0 Å². The highest BCUT2D eigenvalue weighted by atomic mass is 32.1. The lowest BCUT2D eigenvalue weighted by Crippen LogP contribution is -2.14. The number of hydrogen-bond donors (Lipinski definition) is 2. The molecule has 0 bridgehead atoms. The molecule has 0 saturated heterocycles. The van der Waals surface area contributed by atoms with Gasteiger partial charge in [0.25, 0.3) is 0 Å². The smallest absolute Gasteiger partial charge is 0.161 e. The van der Waals surface area contributed by atoms with Crippen molar-refractivity contribution in [1.29, 1.82) is 0 Å². The van der Waals surface area contributed by atoms with E-state index in [1.54, 1.807) is 0 Å². The minimum atomic E-state index is 0.0992. The number of hydrogen-bond acceptors (Lipinski definition) is 3. The predicted molar refractivity (Wildman–Crippen MR) is 53.8 cm³/mol. The van der Waals surface area contributed by atoms with Crippen LogP contribution in [0, 0.1) is 0 Å². The average molecular weight is 181 g/mol. The van der Waals surface area contributed by atoms with Gasteiger partial charge in [-0.15, -0.1) is 0 Å². The summed E-state index contributed by atoms with van der Waals surface area (Å²) in [6.07, 6.45) is 0. The molecule has 0 radical (unpaired) electrons. The molecule has 0 unspecified atom stereocenters. The Morgan fingerprint density at radius 3 is 2.58 bits per heavy atom. The quantitative estimate of drug-likeness (QED) is 0.691. The summed E-state index contributed by atoms with van der Waals surface area (Å²) in [7, 11) is 0. The van der Waals surface area contributed by atoms with Crippen molar-refractivity contribution >= 4 is 24.1 Å². The van der Waals surface area contributed by atoms with Gasteiger partial charge in [-0.2, -0.15) is 12.6 Å².